The molecule has 0 bridgehead atoms. The van der Waals surface area contributed by atoms with Crippen molar-refractivity contribution in [2.24, 2.45) is 5.73 Å². The number of likely N-dealkylation sites (N-methyl/N-ethyl adjacent to an activating group) is 1. The predicted octanol–water partition coefficient (Wildman–Crippen LogP) is 1.90. The monoisotopic (exact) mass is 358 g/mol. The molecule has 0 aliphatic heterocycles. The van der Waals surface area contributed by atoms with Gasteiger partial charge in [0.15, 0.2) is 5.82 Å². The summed E-state index contributed by atoms with van der Waals surface area (Å²) in [6.07, 6.45) is 0. The summed E-state index contributed by atoms with van der Waals surface area (Å²) in [5.74, 6) is 1.05. The summed E-state index contributed by atoms with van der Waals surface area (Å²) >= 11 is 2.25. The Morgan fingerprint density at radius 3 is 2.89 bits per heavy atom. The van der Waals surface area contributed by atoms with Gasteiger partial charge in [-0.3, -0.25) is 0 Å². The van der Waals surface area contributed by atoms with Crippen LogP contribution in [0.1, 0.15) is 11.9 Å². The molecule has 2 rings (SSSR count). The normalized spacial score (nSPS) is 12.9. The van der Waals surface area contributed by atoms with Crippen LogP contribution in [0, 0.1) is 3.57 Å². The average molecular weight is 358 g/mol. The minimum Gasteiger partial charge on any atom is -0.334 e. The van der Waals surface area contributed by atoms with Crippen molar-refractivity contribution in [3.05, 3.63) is 33.7 Å². The van der Waals surface area contributed by atoms with Gasteiger partial charge in [0.2, 0.25) is 0 Å². The smallest absolute Gasteiger partial charge is 0.258 e. The van der Waals surface area contributed by atoms with Crippen LogP contribution in [0.3, 0.4) is 0 Å². The lowest BCUT2D eigenvalue weighted by Gasteiger charge is -2.12. The van der Waals surface area contributed by atoms with Crippen LogP contribution in [0.15, 0.2) is 28.8 Å². The van der Waals surface area contributed by atoms with E-state index in [1.54, 1.807) is 0 Å². The highest BCUT2D eigenvalue weighted by Crippen LogP contribution is 2.20. The summed E-state index contributed by atoms with van der Waals surface area (Å²) in [6, 6.07) is 7.67. The third kappa shape index (κ3) is 3.27. The minimum atomic E-state index is -0.236. The van der Waals surface area contributed by atoms with Gasteiger partial charge < -0.3 is 15.2 Å². The number of nitrogens with two attached hydrogens (primary N) is 1. The molecule has 6 heteroatoms. The van der Waals surface area contributed by atoms with E-state index in [4.69, 9.17) is 10.3 Å². The van der Waals surface area contributed by atoms with E-state index in [0.717, 1.165) is 9.13 Å². The summed E-state index contributed by atoms with van der Waals surface area (Å²) in [5.41, 5.74) is 6.90. The van der Waals surface area contributed by atoms with Gasteiger partial charge in [-0.1, -0.05) is 11.2 Å². The molecule has 0 radical (unpaired) electrons. The van der Waals surface area contributed by atoms with Crippen molar-refractivity contribution in [3.8, 4) is 11.5 Å². The van der Waals surface area contributed by atoms with Crippen molar-refractivity contribution in [2.45, 2.75) is 6.04 Å². The van der Waals surface area contributed by atoms with Gasteiger partial charge in [0, 0.05) is 15.7 Å². The third-order valence-electron chi connectivity index (χ3n) is 2.41. The van der Waals surface area contributed by atoms with Gasteiger partial charge in [-0.25, -0.2) is 0 Å². The Morgan fingerprint density at radius 2 is 2.22 bits per heavy atom. The van der Waals surface area contributed by atoms with Crippen molar-refractivity contribution in [1.82, 2.24) is 15.0 Å². The van der Waals surface area contributed by atoms with E-state index < -0.39 is 0 Å². The standard InChI is InChI=1S/C12H15IN4O/c1-17(2)7-10(14)11-15-12(18-16-11)8-4-3-5-9(13)6-8/h3-6,10H,7,14H2,1-2H3. The Bertz CT molecular complexity index is 526. The van der Waals surface area contributed by atoms with Crippen molar-refractivity contribution >= 4 is 22.6 Å². The van der Waals surface area contributed by atoms with Crippen LogP contribution < -0.4 is 5.73 Å². The average Bonchev–Trinajstić information content (AvgIpc) is 2.77. The van der Waals surface area contributed by atoms with Crippen LogP contribution in [-0.2, 0) is 0 Å². The predicted molar refractivity (Wildman–Crippen MR) is 77.9 cm³/mol. The number of nitrogens with zero attached hydrogens (tertiary/aromatic N) is 3. The van der Waals surface area contributed by atoms with E-state index in [-0.39, 0.29) is 6.04 Å². The molecular formula is C12H15IN4O. The van der Waals surface area contributed by atoms with Gasteiger partial charge in [-0.2, -0.15) is 4.98 Å². The summed E-state index contributed by atoms with van der Waals surface area (Å²) < 4.78 is 6.37. The molecule has 2 aromatic rings. The zero-order chi connectivity index (χ0) is 13.1. The van der Waals surface area contributed by atoms with Gasteiger partial charge >= 0.3 is 0 Å². The molecule has 1 heterocycles. The maximum atomic E-state index is 5.99. The van der Waals surface area contributed by atoms with E-state index >= 15 is 0 Å². The topological polar surface area (TPSA) is 68.2 Å². The summed E-state index contributed by atoms with van der Waals surface area (Å²) in [5, 5.41) is 3.93. The van der Waals surface area contributed by atoms with Gasteiger partial charge in [0.1, 0.15) is 0 Å². The van der Waals surface area contributed by atoms with E-state index in [0.29, 0.717) is 18.3 Å². The maximum Gasteiger partial charge on any atom is 0.258 e. The van der Waals surface area contributed by atoms with Crippen LogP contribution in [0.25, 0.3) is 11.5 Å². The van der Waals surface area contributed by atoms with E-state index in [2.05, 4.69) is 32.7 Å². The molecule has 2 N–H and O–H groups in total. The fourth-order valence-electron chi connectivity index (χ4n) is 1.60. The Hall–Kier alpha value is -0.990. The number of rotatable bonds is 4. The number of halogens is 1. The van der Waals surface area contributed by atoms with Gasteiger partial charge in [-0.15, -0.1) is 0 Å². The quantitative estimate of drug-likeness (QED) is 0.846. The van der Waals surface area contributed by atoms with E-state index in [1.807, 2.05) is 43.3 Å². The minimum absolute atomic E-state index is 0.236. The molecule has 1 aromatic heterocycles. The molecule has 0 aliphatic carbocycles. The lowest BCUT2D eigenvalue weighted by molar-refractivity contribution is 0.357. The SMILES string of the molecule is CN(C)CC(N)c1noc(-c2cccc(I)c2)n1. The molecule has 18 heavy (non-hydrogen) atoms. The fourth-order valence-corrected chi connectivity index (χ4v) is 2.14. The van der Waals surface area contributed by atoms with Crippen LogP contribution in [-0.4, -0.2) is 35.7 Å². The third-order valence-corrected chi connectivity index (χ3v) is 3.08. The zero-order valence-corrected chi connectivity index (χ0v) is 12.5. The molecule has 1 atom stereocenters. The van der Waals surface area contributed by atoms with E-state index in [1.165, 1.54) is 0 Å². The molecule has 0 fully saturated rings. The molecule has 1 unspecified atom stereocenters. The number of hydrogen-bond acceptors (Lipinski definition) is 5. The van der Waals surface area contributed by atoms with Crippen LogP contribution in [0.4, 0.5) is 0 Å². The number of benzene rings is 1. The lowest BCUT2D eigenvalue weighted by atomic mass is 10.2. The fraction of sp³-hybridized carbons (Fsp3) is 0.333. The van der Waals surface area contributed by atoms with Crippen molar-refractivity contribution in [3.63, 3.8) is 0 Å². The molecule has 0 aliphatic rings. The summed E-state index contributed by atoms with van der Waals surface area (Å²) in [6.45, 7) is 0.686. The molecule has 1 aromatic carbocycles. The highest BCUT2D eigenvalue weighted by molar-refractivity contribution is 14.1. The highest BCUT2D eigenvalue weighted by atomic mass is 127. The Kier molecular flexibility index (Phi) is 4.31. The van der Waals surface area contributed by atoms with E-state index in [9.17, 15) is 0 Å². The first-order valence-electron chi connectivity index (χ1n) is 5.56. The highest BCUT2D eigenvalue weighted by Gasteiger charge is 2.15. The molecular weight excluding hydrogens is 343 g/mol. The number of aromatic nitrogens is 2. The zero-order valence-electron chi connectivity index (χ0n) is 10.3. The van der Waals surface area contributed by atoms with Crippen molar-refractivity contribution in [2.75, 3.05) is 20.6 Å². The van der Waals surface area contributed by atoms with Crippen LogP contribution in [0.5, 0.6) is 0 Å². The molecule has 0 amide bonds. The second-order valence-corrected chi connectivity index (χ2v) is 5.58. The van der Waals surface area contributed by atoms with Crippen LogP contribution >= 0.6 is 22.6 Å². The molecule has 96 valence electrons. The van der Waals surface area contributed by atoms with Crippen LogP contribution in [0.2, 0.25) is 0 Å². The van der Waals surface area contributed by atoms with Gasteiger partial charge in [0.05, 0.1) is 6.04 Å². The maximum absolute atomic E-state index is 5.99. The largest absolute Gasteiger partial charge is 0.334 e. The Balaban J connectivity index is 2.20. The summed E-state index contributed by atoms with van der Waals surface area (Å²) in [7, 11) is 3.92. The lowest BCUT2D eigenvalue weighted by Crippen LogP contribution is -2.26. The van der Waals surface area contributed by atoms with Crippen molar-refractivity contribution < 1.29 is 4.52 Å². The summed E-state index contributed by atoms with van der Waals surface area (Å²) in [4.78, 5) is 6.33. The molecule has 5 nitrogen and oxygen atoms in total. The van der Waals surface area contributed by atoms with Crippen molar-refractivity contribution in [1.29, 1.82) is 0 Å². The van der Waals surface area contributed by atoms with Gasteiger partial charge in [0.25, 0.3) is 5.89 Å². The Labute approximate surface area is 119 Å². The first-order valence-corrected chi connectivity index (χ1v) is 6.64. The second kappa shape index (κ2) is 5.77. The first kappa shape index (κ1) is 13.4. The molecule has 0 saturated carbocycles. The molecule has 0 spiro atoms. The van der Waals surface area contributed by atoms with Gasteiger partial charge in [-0.05, 0) is 54.9 Å². The molecule has 0 saturated heterocycles. The number of hydrogen-bond donors (Lipinski definition) is 1. The first-order chi connectivity index (χ1) is 8.56. The second-order valence-electron chi connectivity index (χ2n) is 4.34. The Morgan fingerprint density at radius 1 is 1.44 bits per heavy atom.